The van der Waals surface area contributed by atoms with Gasteiger partial charge in [-0.1, -0.05) is 12.1 Å². The third-order valence-corrected chi connectivity index (χ3v) is 7.56. The summed E-state index contributed by atoms with van der Waals surface area (Å²) in [5.74, 6) is -0.223. The number of hydrogen-bond acceptors (Lipinski definition) is 3. The van der Waals surface area contributed by atoms with E-state index < -0.39 is 26.7 Å². The van der Waals surface area contributed by atoms with Crippen LogP contribution in [0.25, 0.3) is 5.69 Å². The monoisotopic (exact) mass is 477 g/mol. The Labute approximate surface area is 189 Å². The largest absolute Gasteiger partial charge is 0.416 e. The Morgan fingerprint density at radius 3 is 2.21 bits per heavy atom. The summed E-state index contributed by atoms with van der Waals surface area (Å²) in [6, 6.07) is 12.9. The third-order valence-electron chi connectivity index (χ3n) is 5.66. The van der Waals surface area contributed by atoms with E-state index >= 15 is 0 Å². The van der Waals surface area contributed by atoms with Gasteiger partial charge >= 0.3 is 6.18 Å². The number of aromatic nitrogens is 1. The van der Waals surface area contributed by atoms with Crippen LogP contribution in [0.15, 0.2) is 71.9 Å². The molecule has 0 bridgehead atoms. The molecule has 4 rings (SSSR count). The van der Waals surface area contributed by atoms with Gasteiger partial charge in [0.1, 0.15) is 0 Å². The first kappa shape index (κ1) is 23.1. The molecule has 0 aliphatic carbocycles. The van der Waals surface area contributed by atoms with Gasteiger partial charge in [-0.2, -0.15) is 17.5 Å². The van der Waals surface area contributed by atoms with Gasteiger partial charge < -0.3 is 9.47 Å². The first-order chi connectivity index (χ1) is 15.6. The van der Waals surface area contributed by atoms with Crippen LogP contribution in [0.3, 0.4) is 0 Å². The van der Waals surface area contributed by atoms with Gasteiger partial charge in [0, 0.05) is 49.8 Å². The molecule has 0 unspecified atom stereocenters. The summed E-state index contributed by atoms with van der Waals surface area (Å²) in [5, 5.41) is 0. The summed E-state index contributed by atoms with van der Waals surface area (Å²) in [7, 11) is -4.11. The van der Waals surface area contributed by atoms with Crippen molar-refractivity contribution in [2.24, 2.45) is 0 Å². The maximum atomic E-state index is 13.0. The predicted molar refractivity (Wildman–Crippen MR) is 117 cm³/mol. The minimum absolute atomic E-state index is 0.000633. The summed E-state index contributed by atoms with van der Waals surface area (Å²) >= 11 is 0. The Balaban J connectivity index is 1.48. The van der Waals surface area contributed by atoms with Crippen LogP contribution in [0.4, 0.5) is 13.2 Å². The SMILES string of the molecule is Cc1ccc(C(=O)N2CCN(S(=O)(=O)c3cccc(C(F)(F)F)c3)CC2)cc1-n1cccc1. The first-order valence-electron chi connectivity index (χ1n) is 10.3. The van der Waals surface area contributed by atoms with Crippen molar-refractivity contribution in [1.82, 2.24) is 13.8 Å². The molecule has 6 nitrogen and oxygen atoms in total. The maximum absolute atomic E-state index is 13.0. The van der Waals surface area contributed by atoms with Crippen LogP contribution in [-0.2, 0) is 16.2 Å². The van der Waals surface area contributed by atoms with Crippen molar-refractivity contribution >= 4 is 15.9 Å². The van der Waals surface area contributed by atoms with Crippen LogP contribution < -0.4 is 0 Å². The van der Waals surface area contributed by atoms with E-state index in [4.69, 9.17) is 0 Å². The number of alkyl halides is 3. The molecule has 0 radical (unpaired) electrons. The number of hydrogen-bond donors (Lipinski definition) is 0. The van der Waals surface area contributed by atoms with E-state index in [1.165, 1.54) is 0 Å². The molecule has 1 aliphatic heterocycles. The molecule has 33 heavy (non-hydrogen) atoms. The van der Waals surface area contributed by atoms with Crippen molar-refractivity contribution in [2.45, 2.75) is 18.0 Å². The average molecular weight is 478 g/mol. The highest BCUT2D eigenvalue weighted by Crippen LogP contribution is 2.31. The molecule has 0 spiro atoms. The summed E-state index contributed by atoms with van der Waals surface area (Å²) in [6.07, 6.45) is -0.869. The molecule has 1 fully saturated rings. The fourth-order valence-electron chi connectivity index (χ4n) is 3.81. The van der Waals surface area contributed by atoms with Crippen molar-refractivity contribution in [3.63, 3.8) is 0 Å². The minimum atomic E-state index is -4.63. The fourth-order valence-corrected chi connectivity index (χ4v) is 5.28. The van der Waals surface area contributed by atoms with Crippen molar-refractivity contribution < 1.29 is 26.4 Å². The number of nitrogens with zero attached hydrogens (tertiary/aromatic N) is 3. The molecule has 0 saturated carbocycles. The zero-order valence-corrected chi connectivity index (χ0v) is 18.6. The van der Waals surface area contributed by atoms with Crippen LogP contribution in [-0.4, -0.2) is 54.3 Å². The van der Waals surface area contributed by atoms with Gasteiger partial charge in [-0.25, -0.2) is 8.42 Å². The van der Waals surface area contributed by atoms with Crippen LogP contribution in [0.2, 0.25) is 0 Å². The van der Waals surface area contributed by atoms with Crippen LogP contribution in [0, 0.1) is 6.92 Å². The second-order valence-corrected chi connectivity index (χ2v) is 9.75. The minimum Gasteiger partial charge on any atom is -0.336 e. The molecular formula is C23H22F3N3O3S. The van der Waals surface area contributed by atoms with Gasteiger partial charge in [0.05, 0.1) is 10.5 Å². The number of benzene rings is 2. The van der Waals surface area contributed by atoms with Crippen LogP contribution in [0.5, 0.6) is 0 Å². The fraction of sp³-hybridized carbons (Fsp3) is 0.261. The van der Waals surface area contributed by atoms with E-state index in [1.807, 2.05) is 42.1 Å². The lowest BCUT2D eigenvalue weighted by Crippen LogP contribution is -2.50. The average Bonchev–Trinajstić information content (AvgIpc) is 3.33. The normalized spacial score (nSPS) is 15.6. The van der Waals surface area contributed by atoms with Gasteiger partial charge in [0.2, 0.25) is 10.0 Å². The smallest absolute Gasteiger partial charge is 0.336 e. The number of carbonyl (C=O) groups excluding carboxylic acids is 1. The molecule has 0 N–H and O–H groups in total. The molecule has 1 saturated heterocycles. The molecular weight excluding hydrogens is 455 g/mol. The highest BCUT2D eigenvalue weighted by atomic mass is 32.2. The second kappa shape index (κ2) is 8.68. The summed E-state index contributed by atoms with van der Waals surface area (Å²) in [5.41, 5.74) is 1.34. The number of sulfonamides is 1. The molecule has 2 heterocycles. The number of piperazine rings is 1. The Hall–Kier alpha value is -3.11. The van der Waals surface area contributed by atoms with Crippen molar-refractivity contribution in [3.05, 3.63) is 83.7 Å². The number of carbonyl (C=O) groups is 1. The first-order valence-corrected chi connectivity index (χ1v) is 11.7. The zero-order chi connectivity index (χ0) is 23.8. The summed E-state index contributed by atoms with van der Waals surface area (Å²) < 4.78 is 67.7. The van der Waals surface area contributed by atoms with Gasteiger partial charge in [-0.3, -0.25) is 4.79 Å². The van der Waals surface area contributed by atoms with Crippen molar-refractivity contribution in [2.75, 3.05) is 26.2 Å². The lowest BCUT2D eigenvalue weighted by atomic mass is 10.1. The topological polar surface area (TPSA) is 62.6 Å². The molecule has 1 aliphatic rings. The second-order valence-electron chi connectivity index (χ2n) is 7.81. The van der Waals surface area contributed by atoms with E-state index in [2.05, 4.69) is 0 Å². The van der Waals surface area contributed by atoms with E-state index in [1.54, 1.807) is 17.0 Å². The Bertz CT molecular complexity index is 1260. The van der Waals surface area contributed by atoms with E-state index in [0.29, 0.717) is 11.6 Å². The van der Waals surface area contributed by atoms with Gasteiger partial charge in [0.15, 0.2) is 0 Å². The maximum Gasteiger partial charge on any atom is 0.416 e. The number of amides is 1. The molecule has 1 aromatic heterocycles. The standard InChI is InChI=1S/C23H22F3N3O3S/c1-17-7-8-18(15-21(17)27-9-2-3-10-27)22(30)28-11-13-29(14-12-28)33(31,32)20-6-4-5-19(16-20)23(24,25)26/h2-10,15-16H,11-14H2,1H3. The Morgan fingerprint density at radius 1 is 0.909 bits per heavy atom. The molecule has 174 valence electrons. The van der Waals surface area contributed by atoms with Crippen LogP contribution >= 0.6 is 0 Å². The number of halogens is 3. The summed E-state index contributed by atoms with van der Waals surface area (Å²) in [6.45, 7) is 2.23. The predicted octanol–water partition coefficient (Wildman–Crippen LogP) is 3.95. The summed E-state index contributed by atoms with van der Waals surface area (Å²) in [4.78, 5) is 14.2. The van der Waals surface area contributed by atoms with Crippen molar-refractivity contribution in [1.29, 1.82) is 0 Å². The highest BCUT2D eigenvalue weighted by Gasteiger charge is 2.34. The molecule has 3 aromatic rings. The molecule has 0 atom stereocenters. The van der Waals surface area contributed by atoms with Crippen molar-refractivity contribution in [3.8, 4) is 5.69 Å². The third kappa shape index (κ3) is 4.67. The lowest BCUT2D eigenvalue weighted by molar-refractivity contribution is -0.137. The highest BCUT2D eigenvalue weighted by molar-refractivity contribution is 7.89. The van der Waals surface area contributed by atoms with E-state index in [0.717, 1.165) is 33.8 Å². The van der Waals surface area contributed by atoms with E-state index in [9.17, 15) is 26.4 Å². The van der Waals surface area contributed by atoms with Crippen LogP contribution in [0.1, 0.15) is 21.5 Å². The lowest BCUT2D eigenvalue weighted by Gasteiger charge is -2.34. The Kier molecular flexibility index (Phi) is 6.06. The zero-order valence-electron chi connectivity index (χ0n) is 17.8. The number of aryl methyl sites for hydroxylation is 1. The molecule has 2 aromatic carbocycles. The van der Waals surface area contributed by atoms with Gasteiger partial charge in [-0.05, 0) is 55.0 Å². The number of rotatable bonds is 4. The quantitative estimate of drug-likeness (QED) is 0.572. The Morgan fingerprint density at radius 2 is 1.58 bits per heavy atom. The molecule has 1 amide bonds. The molecule has 10 heteroatoms. The van der Waals surface area contributed by atoms with E-state index in [-0.39, 0.29) is 32.1 Å². The van der Waals surface area contributed by atoms with Gasteiger partial charge in [0.25, 0.3) is 5.91 Å². The van der Waals surface area contributed by atoms with Gasteiger partial charge in [-0.15, -0.1) is 0 Å².